The summed E-state index contributed by atoms with van der Waals surface area (Å²) in [6.45, 7) is 1.88. The zero-order valence-corrected chi connectivity index (χ0v) is 11.2. The van der Waals surface area contributed by atoms with E-state index in [0.29, 0.717) is 17.0 Å². The van der Waals surface area contributed by atoms with E-state index in [2.05, 4.69) is 4.98 Å². The largest absolute Gasteiger partial charge is 0.496 e. The van der Waals surface area contributed by atoms with Crippen molar-refractivity contribution in [2.75, 3.05) is 14.2 Å². The van der Waals surface area contributed by atoms with Gasteiger partial charge in [-0.1, -0.05) is 6.07 Å². The molecule has 2 rings (SSSR count). The van der Waals surface area contributed by atoms with Crippen molar-refractivity contribution in [2.45, 2.75) is 13.3 Å². The first kappa shape index (κ1) is 13.1. The molecular formula is C14H16N2O3. The second-order valence-electron chi connectivity index (χ2n) is 4.26. The van der Waals surface area contributed by atoms with E-state index in [1.165, 1.54) is 0 Å². The number of carbonyl (C=O) groups is 1. The average molecular weight is 260 g/mol. The number of pyridine rings is 1. The topological polar surface area (TPSA) is 74.4 Å². The number of aryl methyl sites for hydroxylation is 1. The van der Waals surface area contributed by atoms with Gasteiger partial charge in [-0.25, -0.2) is 4.98 Å². The number of hydrogen-bond donors (Lipinski definition) is 1. The number of ether oxygens (including phenoxy) is 2. The molecular weight excluding hydrogens is 244 g/mol. The van der Waals surface area contributed by atoms with Crippen LogP contribution in [-0.4, -0.2) is 25.1 Å². The first-order valence-electron chi connectivity index (χ1n) is 5.86. The molecule has 19 heavy (non-hydrogen) atoms. The van der Waals surface area contributed by atoms with Crippen LogP contribution in [0.3, 0.4) is 0 Å². The third kappa shape index (κ3) is 2.45. The van der Waals surface area contributed by atoms with Crippen molar-refractivity contribution in [3.63, 3.8) is 0 Å². The molecule has 1 aromatic heterocycles. The van der Waals surface area contributed by atoms with E-state index in [4.69, 9.17) is 15.2 Å². The highest BCUT2D eigenvalue weighted by Crippen LogP contribution is 2.34. The van der Waals surface area contributed by atoms with E-state index in [-0.39, 0.29) is 6.42 Å². The number of fused-ring (bicyclic) bond motifs is 1. The molecule has 100 valence electrons. The molecule has 2 aromatic rings. The molecule has 1 amide bonds. The number of methoxy groups -OCH3 is 2. The Morgan fingerprint density at radius 1 is 1.26 bits per heavy atom. The van der Waals surface area contributed by atoms with Crippen molar-refractivity contribution >= 4 is 16.8 Å². The third-order valence-electron chi connectivity index (χ3n) is 2.91. The number of benzene rings is 1. The van der Waals surface area contributed by atoms with Crippen molar-refractivity contribution in [3.05, 3.63) is 29.5 Å². The van der Waals surface area contributed by atoms with Crippen LogP contribution < -0.4 is 15.2 Å². The second kappa shape index (κ2) is 5.14. The average Bonchev–Trinajstić information content (AvgIpc) is 2.37. The maximum Gasteiger partial charge on any atom is 0.221 e. The molecule has 0 bridgehead atoms. The number of amides is 1. The molecule has 5 heteroatoms. The Morgan fingerprint density at radius 3 is 2.53 bits per heavy atom. The Labute approximate surface area is 111 Å². The van der Waals surface area contributed by atoms with Gasteiger partial charge in [-0.05, 0) is 18.6 Å². The number of rotatable bonds is 4. The van der Waals surface area contributed by atoms with Crippen molar-refractivity contribution in [2.24, 2.45) is 5.73 Å². The number of carbonyl (C=O) groups excluding carboxylic acids is 1. The molecule has 0 aliphatic heterocycles. The van der Waals surface area contributed by atoms with E-state index in [0.717, 1.165) is 16.6 Å². The number of hydrogen-bond acceptors (Lipinski definition) is 4. The molecule has 0 radical (unpaired) electrons. The summed E-state index contributed by atoms with van der Waals surface area (Å²) in [7, 11) is 3.17. The van der Waals surface area contributed by atoms with Gasteiger partial charge in [0.1, 0.15) is 17.0 Å². The third-order valence-corrected chi connectivity index (χ3v) is 2.91. The highest BCUT2D eigenvalue weighted by molar-refractivity contribution is 5.95. The summed E-state index contributed by atoms with van der Waals surface area (Å²) in [4.78, 5) is 15.6. The van der Waals surface area contributed by atoms with E-state index in [9.17, 15) is 4.79 Å². The fourth-order valence-corrected chi connectivity index (χ4v) is 2.13. The van der Waals surface area contributed by atoms with Crippen LogP contribution in [0.1, 0.15) is 11.3 Å². The molecule has 0 unspecified atom stereocenters. The van der Waals surface area contributed by atoms with E-state index < -0.39 is 5.91 Å². The lowest BCUT2D eigenvalue weighted by atomic mass is 10.0. The van der Waals surface area contributed by atoms with Crippen LogP contribution in [0.25, 0.3) is 10.9 Å². The highest BCUT2D eigenvalue weighted by atomic mass is 16.5. The van der Waals surface area contributed by atoms with Gasteiger partial charge in [-0.15, -0.1) is 0 Å². The summed E-state index contributed by atoms with van der Waals surface area (Å²) in [6.07, 6.45) is 0.140. The maximum absolute atomic E-state index is 11.2. The van der Waals surface area contributed by atoms with Crippen LogP contribution in [0.2, 0.25) is 0 Å². The van der Waals surface area contributed by atoms with Crippen molar-refractivity contribution in [3.8, 4) is 11.5 Å². The standard InChI is InChI=1S/C14H16N2O3/c1-8-6-11(19-3)13-9(7-12(15)17)4-5-10(18-2)14(13)16-8/h4-6H,7H2,1-3H3,(H2,15,17). The Hall–Kier alpha value is -2.30. The monoisotopic (exact) mass is 260 g/mol. The highest BCUT2D eigenvalue weighted by Gasteiger charge is 2.15. The lowest BCUT2D eigenvalue weighted by molar-refractivity contribution is -0.117. The zero-order valence-electron chi connectivity index (χ0n) is 11.2. The minimum atomic E-state index is -0.394. The fraction of sp³-hybridized carbons (Fsp3) is 0.286. The van der Waals surface area contributed by atoms with E-state index in [1.807, 2.05) is 19.1 Å². The Balaban J connectivity index is 2.81. The van der Waals surface area contributed by atoms with Gasteiger partial charge in [-0.3, -0.25) is 4.79 Å². The second-order valence-corrected chi connectivity index (χ2v) is 4.26. The van der Waals surface area contributed by atoms with Gasteiger partial charge in [0.2, 0.25) is 5.91 Å². The Kier molecular flexibility index (Phi) is 3.55. The van der Waals surface area contributed by atoms with E-state index >= 15 is 0 Å². The maximum atomic E-state index is 11.2. The molecule has 0 fully saturated rings. The first-order chi connectivity index (χ1) is 9.06. The summed E-state index contributed by atoms with van der Waals surface area (Å²) in [5.74, 6) is 0.914. The molecule has 5 nitrogen and oxygen atoms in total. The lowest BCUT2D eigenvalue weighted by Crippen LogP contribution is -2.14. The van der Waals surface area contributed by atoms with Gasteiger partial charge in [0.15, 0.2) is 0 Å². The zero-order chi connectivity index (χ0) is 14.0. The molecule has 0 aliphatic rings. The van der Waals surface area contributed by atoms with Crippen molar-refractivity contribution in [1.29, 1.82) is 0 Å². The number of nitrogens with two attached hydrogens (primary N) is 1. The SMILES string of the molecule is COc1ccc(CC(N)=O)c2c(OC)cc(C)nc12. The van der Waals surface area contributed by atoms with Crippen LogP contribution in [-0.2, 0) is 11.2 Å². The number of nitrogens with zero attached hydrogens (tertiary/aromatic N) is 1. The van der Waals surface area contributed by atoms with Crippen LogP contribution in [0.4, 0.5) is 0 Å². The van der Waals surface area contributed by atoms with Gasteiger partial charge in [0, 0.05) is 17.1 Å². The molecule has 0 atom stereocenters. The predicted molar refractivity (Wildman–Crippen MR) is 72.5 cm³/mol. The molecule has 0 spiro atoms. The summed E-state index contributed by atoms with van der Waals surface area (Å²) in [5.41, 5.74) is 7.56. The van der Waals surface area contributed by atoms with Crippen LogP contribution in [0, 0.1) is 6.92 Å². The van der Waals surface area contributed by atoms with Crippen LogP contribution in [0.15, 0.2) is 18.2 Å². The Morgan fingerprint density at radius 2 is 1.95 bits per heavy atom. The minimum Gasteiger partial charge on any atom is -0.496 e. The molecule has 1 aromatic carbocycles. The van der Waals surface area contributed by atoms with E-state index in [1.54, 1.807) is 20.3 Å². The molecule has 2 N–H and O–H groups in total. The van der Waals surface area contributed by atoms with Crippen molar-refractivity contribution < 1.29 is 14.3 Å². The van der Waals surface area contributed by atoms with Gasteiger partial charge in [-0.2, -0.15) is 0 Å². The van der Waals surface area contributed by atoms with Gasteiger partial charge >= 0.3 is 0 Å². The quantitative estimate of drug-likeness (QED) is 0.905. The lowest BCUT2D eigenvalue weighted by Gasteiger charge is -2.13. The first-order valence-corrected chi connectivity index (χ1v) is 5.86. The Bertz CT molecular complexity index is 638. The van der Waals surface area contributed by atoms with Gasteiger partial charge < -0.3 is 15.2 Å². The van der Waals surface area contributed by atoms with Crippen LogP contribution >= 0.6 is 0 Å². The normalized spacial score (nSPS) is 10.5. The molecule has 1 heterocycles. The summed E-state index contributed by atoms with van der Waals surface area (Å²) < 4.78 is 10.7. The van der Waals surface area contributed by atoms with Gasteiger partial charge in [0.25, 0.3) is 0 Å². The number of aromatic nitrogens is 1. The molecule has 0 aliphatic carbocycles. The van der Waals surface area contributed by atoms with Crippen molar-refractivity contribution in [1.82, 2.24) is 4.98 Å². The predicted octanol–water partition coefficient (Wildman–Crippen LogP) is 1.59. The van der Waals surface area contributed by atoms with Crippen LogP contribution in [0.5, 0.6) is 11.5 Å². The van der Waals surface area contributed by atoms with Gasteiger partial charge in [0.05, 0.1) is 20.6 Å². The minimum absolute atomic E-state index is 0.140. The molecule has 0 saturated carbocycles. The molecule has 0 saturated heterocycles. The summed E-state index contributed by atoms with van der Waals surface area (Å²) in [5, 5.41) is 0.770. The fourth-order valence-electron chi connectivity index (χ4n) is 2.13. The number of primary amides is 1. The smallest absolute Gasteiger partial charge is 0.221 e. The summed E-state index contributed by atoms with van der Waals surface area (Å²) >= 11 is 0. The summed E-state index contributed by atoms with van der Waals surface area (Å²) in [6, 6.07) is 5.42.